The molecule has 1 fully saturated rings. The molecule has 1 aliphatic carbocycles. The van der Waals surface area contributed by atoms with Crippen LogP contribution in [0, 0.1) is 5.92 Å². The molecule has 0 bridgehead atoms. The minimum atomic E-state index is -0.154. The number of amides is 1. The summed E-state index contributed by atoms with van der Waals surface area (Å²) in [7, 11) is 0. The molecule has 31 heavy (non-hydrogen) atoms. The van der Waals surface area contributed by atoms with Crippen LogP contribution in [0.2, 0.25) is 0 Å². The summed E-state index contributed by atoms with van der Waals surface area (Å²) >= 11 is 0. The molecule has 0 spiro atoms. The highest BCUT2D eigenvalue weighted by atomic mass is 16.5. The number of hydrogen-bond acceptors (Lipinski definition) is 5. The van der Waals surface area contributed by atoms with Crippen molar-refractivity contribution in [3.05, 3.63) is 58.8 Å². The van der Waals surface area contributed by atoms with Gasteiger partial charge in [0, 0.05) is 19.0 Å². The second-order valence-corrected chi connectivity index (χ2v) is 8.10. The van der Waals surface area contributed by atoms with E-state index in [1.54, 1.807) is 12.3 Å². The number of rotatable bonds is 8. The van der Waals surface area contributed by atoms with Crippen LogP contribution in [0.1, 0.15) is 50.8 Å². The molecule has 0 saturated heterocycles. The quantitative estimate of drug-likeness (QED) is 0.568. The third kappa shape index (κ3) is 5.69. The van der Waals surface area contributed by atoms with Gasteiger partial charge >= 0.3 is 0 Å². The normalized spacial score (nSPS) is 14.5. The number of nitrogens with one attached hydrogen (secondary N) is 2. The summed E-state index contributed by atoms with van der Waals surface area (Å²) in [5, 5.41) is 3.43. The molecule has 0 aliphatic heterocycles. The lowest BCUT2D eigenvalue weighted by molar-refractivity contribution is -0.116. The Morgan fingerprint density at radius 3 is 2.84 bits per heavy atom. The summed E-state index contributed by atoms with van der Waals surface area (Å²) in [5.41, 5.74) is 0.511. The molecule has 0 radical (unpaired) electrons. The summed E-state index contributed by atoms with van der Waals surface area (Å²) in [4.78, 5) is 36.2. The van der Waals surface area contributed by atoms with Crippen molar-refractivity contribution in [1.82, 2.24) is 15.0 Å². The van der Waals surface area contributed by atoms with Crippen molar-refractivity contribution >= 4 is 22.6 Å². The largest absolute Gasteiger partial charge is 0.489 e. The number of carbonyl (C=O) groups excluding carboxylic acids is 1. The van der Waals surface area contributed by atoms with Gasteiger partial charge in [-0.05, 0) is 49.4 Å². The lowest BCUT2D eigenvalue weighted by Gasteiger charge is -2.22. The Morgan fingerprint density at radius 2 is 1.97 bits per heavy atom. The Labute approximate surface area is 181 Å². The van der Waals surface area contributed by atoms with Gasteiger partial charge in [0.05, 0.1) is 17.5 Å². The molecule has 0 unspecified atom stereocenters. The van der Waals surface area contributed by atoms with Gasteiger partial charge in [-0.25, -0.2) is 9.97 Å². The van der Waals surface area contributed by atoms with E-state index in [-0.39, 0.29) is 11.5 Å². The van der Waals surface area contributed by atoms with Crippen molar-refractivity contribution in [3.8, 4) is 5.75 Å². The van der Waals surface area contributed by atoms with E-state index in [9.17, 15) is 9.59 Å². The highest BCUT2D eigenvalue weighted by Crippen LogP contribution is 2.27. The molecule has 3 aromatic rings. The van der Waals surface area contributed by atoms with E-state index in [0.717, 1.165) is 0 Å². The van der Waals surface area contributed by atoms with E-state index >= 15 is 0 Å². The van der Waals surface area contributed by atoms with Gasteiger partial charge in [-0.15, -0.1) is 0 Å². The summed E-state index contributed by atoms with van der Waals surface area (Å²) < 4.78 is 5.98. The number of H-pyrrole nitrogens is 1. The van der Waals surface area contributed by atoms with Gasteiger partial charge in [0.1, 0.15) is 5.82 Å². The second-order valence-electron chi connectivity index (χ2n) is 8.10. The highest BCUT2D eigenvalue weighted by molar-refractivity contribution is 5.91. The van der Waals surface area contributed by atoms with E-state index < -0.39 is 0 Å². The van der Waals surface area contributed by atoms with Crippen LogP contribution < -0.4 is 15.6 Å². The predicted octanol–water partition coefficient (Wildman–Crippen LogP) is 4.24. The van der Waals surface area contributed by atoms with Crippen LogP contribution in [0.15, 0.2) is 47.4 Å². The molecule has 1 amide bonds. The maximum Gasteiger partial charge on any atom is 0.258 e. The van der Waals surface area contributed by atoms with Crippen molar-refractivity contribution in [2.75, 3.05) is 11.9 Å². The van der Waals surface area contributed by atoms with Crippen LogP contribution in [0.25, 0.3) is 10.9 Å². The smallest absolute Gasteiger partial charge is 0.258 e. The fourth-order valence-electron chi connectivity index (χ4n) is 4.03. The minimum absolute atomic E-state index is 0.135. The maximum atomic E-state index is 12.4. The molecule has 7 heteroatoms. The number of anilines is 1. The highest BCUT2D eigenvalue weighted by Gasteiger charge is 2.16. The number of para-hydroxylation sites is 1. The van der Waals surface area contributed by atoms with Crippen LogP contribution in [0.4, 0.5) is 5.82 Å². The molecule has 2 aromatic heterocycles. The third-order valence-electron chi connectivity index (χ3n) is 5.71. The zero-order valence-corrected chi connectivity index (χ0v) is 17.6. The van der Waals surface area contributed by atoms with Crippen molar-refractivity contribution in [2.45, 2.75) is 51.4 Å². The van der Waals surface area contributed by atoms with E-state index in [0.29, 0.717) is 60.1 Å². The average molecular weight is 421 g/mol. The molecule has 1 aromatic carbocycles. The Hall–Kier alpha value is -3.22. The topological polar surface area (TPSA) is 97.0 Å². The standard InChI is InChI=1S/C24H28N4O3/c29-22(14-6-13-21-26-19-11-5-4-10-18(19)24(30)27-21)28-23-20(12-7-15-25-23)31-16-17-8-2-1-3-9-17/h4-5,7,10-12,15,17H,1-3,6,8-9,13-14,16H2,(H,25,28,29)(H,26,27,30). The second kappa shape index (κ2) is 10.2. The maximum absolute atomic E-state index is 12.4. The zero-order chi connectivity index (χ0) is 21.5. The molecule has 2 N–H and O–H groups in total. The lowest BCUT2D eigenvalue weighted by atomic mass is 9.90. The minimum Gasteiger partial charge on any atom is -0.489 e. The van der Waals surface area contributed by atoms with Crippen LogP contribution in [-0.4, -0.2) is 27.5 Å². The van der Waals surface area contributed by atoms with Crippen LogP contribution in [0.5, 0.6) is 5.75 Å². The van der Waals surface area contributed by atoms with Gasteiger partial charge in [-0.3, -0.25) is 9.59 Å². The molecular formula is C24H28N4O3. The van der Waals surface area contributed by atoms with Gasteiger partial charge in [-0.1, -0.05) is 31.4 Å². The summed E-state index contributed by atoms with van der Waals surface area (Å²) in [6.45, 7) is 0.662. The van der Waals surface area contributed by atoms with Crippen molar-refractivity contribution < 1.29 is 9.53 Å². The molecule has 2 heterocycles. The Bertz CT molecular complexity index is 1090. The number of carbonyl (C=O) groups is 1. The number of fused-ring (bicyclic) bond motifs is 1. The van der Waals surface area contributed by atoms with Gasteiger partial charge < -0.3 is 15.0 Å². The number of aromatic nitrogens is 3. The number of ether oxygens (including phenoxy) is 1. The third-order valence-corrected chi connectivity index (χ3v) is 5.71. The van der Waals surface area contributed by atoms with Crippen LogP contribution in [0.3, 0.4) is 0 Å². The lowest BCUT2D eigenvalue weighted by Crippen LogP contribution is -2.18. The Morgan fingerprint density at radius 1 is 1.13 bits per heavy atom. The van der Waals surface area contributed by atoms with Crippen LogP contribution in [-0.2, 0) is 11.2 Å². The number of aromatic amines is 1. The SMILES string of the molecule is O=C(CCCc1nc2ccccc2c(=O)[nH]1)Nc1ncccc1OCC1CCCCC1. The molecule has 162 valence electrons. The monoisotopic (exact) mass is 420 g/mol. The predicted molar refractivity (Wildman–Crippen MR) is 120 cm³/mol. The average Bonchev–Trinajstić information content (AvgIpc) is 2.79. The molecule has 1 saturated carbocycles. The van der Waals surface area contributed by atoms with Gasteiger partial charge in [0.25, 0.3) is 5.56 Å². The molecular weight excluding hydrogens is 392 g/mol. The first-order valence-electron chi connectivity index (χ1n) is 11.0. The van der Waals surface area contributed by atoms with E-state index in [1.165, 1.54) is 32.1 Å². The number of aryl methyl sites for hydroxylation is 1. The number of benzene rings is 1. The molecule has 7 nitrogen and oxygen atoms in total. The van der Waals surface area contributed by atoms with Gasteiger partial charge in [0.2, 0.25) is 5.91 Å². The molecule has 1 aliphatic rings. The fourth-order valence-corrected chi connectivity index (χ4v) is 4.03. The number of hydrogen-bond donors (Lipinski definition) is 2. The van der Waals surface area contributed by atoms with Crippen molar-refractivity contribution in [3.63, 3.8) is 0 Å². The van der Waals surface area contributed by atoms with Crippen molar-refractivity contribution in [2.24, 2.45) is 5.92 Å². The first kappa shape index (κ1) is 21.0. The summed E-state index contributed by atoms with van der Waals surface area (Å²) in [6, 6.07) is 10.9. The van der Waals surface area contributed by atoms with Crippen molar-refractivity contribution in [1.29, 1.82) is 0 Å². The summed E-state index contributed by atoms with van der Waals surface area (Å²) in [5.74, 6) is 2.10. The Kier molecular flexibility index (Phi) is 6.92. The molecule has 4 rings (SSSR count). The van der Waals surface area contributed by atoms with Gasteiger partial charge in [0.15, 0.2) is 11.6 Å². The number of pyridine rings is 1. The molecule has 0 atom stereocenters. The fraction of sp³-hybridized carbons (Fsp3) is 0.417. The number of nitrogens with zero attached hydrogens (tertiary/aromatic N) is 2. The van der Waals surface area contributed by atoms with Gasteiger partial charge in [-0.2, -0.15) is 0 Å². The van der Waals surface area contributed by atoms with E-state index in [4.69, 9.17) is 4.74 Å². The zero-order valence-electron chi connectivity index (χ0n) is 17.6. The first-order valence-corrected chi connectivity index (χ1v) is 11.0. The first-order chi connectivity index (χ1) is 15.2. The van der Waals surface area contributed by atoms with Crippen LogP contribution >= 0.6 is 0 Å². The Balaban J connectivity index is 1.29. The van der Waals surface area contributed by atoms with E-state index in [1.807, 2.05) is 30.3 Å². The summed E-state index contributed by atoms with van der Waals surface area (Å²) in [6.07, 6.45) is 9.28. The van der Waals surface area contributed by atoms with E-state index in [2.05, 4.69) is 20.3 Å².